The fourth-order valence-electron chi connectivity index (χ4n) is 5.79. The van der Waals surface area contributed by atoms with Gasteiger partial charge in [-0.25, -0.2) is 8.78 Å². The van der Waals surface area contributed by atoms with E-state index in [9.17, 15) is 16.8 Å². The Morgan fingerprint density at radius 1 is 0.667 bits per heavy atom. The highest BCUT2D eigenvalue weighted by Gasteiger charge is 2.19. The molecular formula is C35H39F2NO8S2. The highest BCUT2D eigenvalue weighted by Crippen LogP contribution is 2.40. The molecule has 0 aromatic heterocycles. The Hall–Kier alpha value is -3.88. The summed E-state index contributed by atoms with van der Waals surface area (Å²) < 4.78 is 104. The van der Waals surface area contributed by atoms with Crippen molar-refractivity contribution < 1.29 is 44.2 Å². The van der Waals surface area contributed by atoms with E-state index >= 15 is 8.78 Å². The van der Waals surface area contributed by atoms with Crippen molar-refractivity contribution in [2.45, 2.75) is 39.7 Å². The van der Waals surface area contributed by atoms with Gasteiger partial charge < -0.3 is 14.8 Å². The Morgan fingerprint density at radius 2 is 1.12 bits per heavy atom. The number of ether oxygens (including phenoxy) is 2. The molecule has 0 aliphatic rings. The molecular weight excluding hydrogens is 665 g/mol. The lowest BCUT2D eigenvalue weighted by Gasteiger charge is -2.18. The second-order valence-electron chi connectivity index (χ2n) is 11.4. The van der Waals surface area contributed by atoms with E-state index in [2.05, 4.69) is 5.32 Å². The molecule has 0 bridgehead atoms. The highest BCUT2D eigenvalue weighted by atomic mass is 32.2. The van der Waals surface area contributed by atoms with Crippen molar-refractivity contribution in [3.8, 4) is 44.9 Å². The van der Waals surface area contributed by atoms with Gasteiger partial charge in [0.15, 0.2) is 0 Å². The van der Waals surface area contributed by atoms with Crippen molar-refractivity contribution in [3.63, 3.8) is 0 Å². The molecule has 258 valence electrons. The molecule has 0 radical (unpaired) electrons. The summed E-state index contributed by atoms with van der Waals surface area (Å²) in [4.78, 5) is 0. The second kappa shape index (κ2) is 15.6. The summed E-state index contributed by atoms with van der Waals surface area (Å²) in [6.45, 7) is 3.81. The van der Waals surface area contributed by atoms with Crippen LogP contribution in [0.15, 0.2) is 60.7 Å². The average Bonchev–Trinajstić information content (AvgIpc) is 3.01. The van der Waals surface area contributed by atoms with Crippen molar-refractivity contribution in [3.05, 3.63) is 94.6 Å². The van der Waals surface area contributed by atoms with Crippen LogP contribution in [0.3, 0.4) is 0 Å². The molecule has 0 aliphatic carbocycles. The molecule has 0 heterocycles. The van der Waals surface area contributed by atoms with E-state index in [0.29, 0.717) is 28.9 Å². The first-order valence-corrected chi connectivity index (χ1v) is 18.4. The van der Waals surface area contributed by atoms with Crippen LogP contribution in [0.25, 0.3) is 33.4 Å². The normalized spacial score (nSPS) is 11.9. The third-order valence-electron chi connectivity index (χ3n) is 8.25. The van der Waals surface area contributed by atoms with E-state index in [-0.39, 0.29) is 37.2 Å². The van der Waals surface area contributed by atoms with Gasteiger partial charge in [0.25, 0.3) is 20.2 Å². The molecule has 0 saturated carbocycles. The minimum atomic E-state index is -4.15. The summed E-state index contributed by atoms with van der Waals surface area (Å²) in [7, 11) is -5.36. The monoisotopic (exact) mass is 703 g/mol. The zero-order valence-corrected chi connectivity index (χ0v) is 28.8. The molecule has 3 N–H and O–H groups in total. The molecule has 48 heavy (non-hydrogen) atoms. The Kier molecular flexibility index (Phi) is 12.0. The van der Waals surface area contributed by atoms with Crippen molar-refractivity contribution in [2.24, 2.45) is 0 Å². The molecule has 4 aromatic rings. The Morgan fingerprint density at radius 3 is 1.60 bits per heavy atom. The molecule has 0 fully saturated rings. The van der Waals surface area contributed by atoms with Crippen molar-refractivity contribution in [2.75, 3.05) is 32.3 Å². The topological polar surface area (TPSA) is 139 Å². The SMILES string of the molecule is COc1cc(-c2cccc(-c3cccc(-c4cc(F)c(CNCCS(=O)(=O)O)c(OC)c4)c3C)c2C)cc(F)c1CCCCS(=O)(=O)O. The van der Waals surface area contributed by atoms with Gasteiger partial charge in [0.1, 0.15) is 23.1 Å². The van der Waals surface area contributed by atoms with Gasteiger partial charge in [-0.05, 0) is 102 Å². The van der Waals surface area contributed by atoms with E-state index < -0.39 is 43.4 Å². The maximum absolute atomic E-state index is 15.4. The van der Waals surface area contributed by atoms with Gasteiger partial charge in [0, 0.05) is 24.2 Å². The number of unbranched alkanes of at least 4 members (excludes halogenated alkanes) is 1. The van der Waals surface area contributed by atoms with Crippen molar-refractivity contribution >= 4 is 20.2 Å². The van der Waals surface area contributed by atoms with E-state index in [4.69, 9.17) is 18.6 Å². The lowest BCUT2D eigenvalue weighted by molar-refractivity contribution is 0.402. The first-order chi connectivity index (χ1) is 22.6. The Bertz CT molecular complexity index is 1870. The van der Waals surface area contributed by atoms with Gasteiger partial charge in [0.05, 0.1) is 25.7 Å². The average molecular weight is 704 g/mol. The lowest BCUT2D eigenvalue weighted by Crippen LogP contribution is -2.23. The maximum Gasteiger partial charge on any atom is 0.266 e. The summed E-state index contributed by atoms with van der Waals surface area (Å²) in [5.74, 6) is -1.29. The third kappa shape index (κ3) is 9.17. The molecule has 0 saturated heterocycles. The minimum absolute atomic E-state index is 0.00375. The molecule has 0 spiro atoms. The number of benzene rings is 4. The van der Waals surface area contributed by atoms with E-state index in [1.54, 1.807) is 12.1 Å². The summed E-state index contributed by atoms with van der Waals surface area (Å²) in [6.07, 6.45) is 0.777. The standard InChI is InChI=1S/C35H39F2NO8S2/c1-22-26(24-17-32(36)30(34(19-24)45-3)9-5-6-15-47(39,40)41)10-7-12-28(22)29-13-8-11-27(23(29)2)25-18-33(37)31(35(20-25)46-4)21-38-14-16-48(42,43)44/h7-8,10-13,17-20,38H,5-6,9,14-16,21H2,1-4H3,(H,39,40,41)(H,42,43,44). The molecule has 4 aromatic carbocycles. The van der Waals surface area contributed by atoms with Gasteiger partial charge in [-0.2, -0.15) is 16.8 Å². The van der Waals surface area contributed by atoms with Crippen LogP contribution < -0.4 is 14.8 Å². The third-order valence-corrected chi connectivity index (χ3v) is 9.77. The van der Waals surface area contributed by atoms with Gasteiger partial charge in [0.2, 0.25) is 0 Å². The van der Waals surface area contributed by atoms with Gasteiger partial charge in [-0.15, -0.1) is 0 Å². The van der Waals surface area contributed by atoms with Gasteiger partial charge >= 0.3 is 0 Å². The Labute approximate surface area is 280 Å². The first-order valence-electron chi connectivity index (χ1n) is 15.2. The van der Waals surface area contributed by atoms with Gasteiger partial charge in [-0.3, -0.25) is 9.11 Å². The quantitative estimate of drug-likeness (QED) is 0.0903. The molecule has 0 unspecified atom stereocenters. The summed E-state index contributed by atoms with van der Waals surface area (Å²) in [6, 6.07) is 17.8. The number of methoxy groups -OCH3 is 2. The number of hydrogen-bond acceptors (Lipinski definition) is 7. The predicted octanol–water partition coefficient (Wildman–Crippen LogP) is 6.79. The fraction of sp³-hybridized carbons (Fsp3) is 0.314. The van der Waals surface area contributed by atoms with Crippen LogP contribution in [0, 0.1) is 25.5 Å². The van der Waals surface area contributed by atoms with E-state index in [1.165, 1.54) is 26.4 Å². The van der Waals surface area contributed by atoms with Crippen LogP contribution in [-0.2, 0) is 33.2 Å². The zero-order valence-electron chi connectivity index (χ0n) is 27.1. The lowest BCUT2D eigenvalue weighted by atomic mass is 9.87. The van der Waals surface area contributed by atoms with Crippen LogP contribution in [0.4, 0.5) is 8.78 Å². The molecule has 4 rings (SSSR count). The minimum Gasteiger partial charge on any atom is -0.496 e. The van der Waals surface area contributed by atoms with Crippen LogP contribution in [-0.4, -0.2) is 58.2 Å². The first kappa shape index (κ1) is 36.9. The van der Waals surface area contributed by atoms with Crippen molar-refractivity contribution in [1.29, 1.82) is 0 Å². The Balaban J connectivity index is 1.66. The van der Waals surface area contributed by atoms with E-state index in [0.717, 1.165) is 33.4 Å². The van der Waals surface area contributed by atoms with Crippen LogP contribution in [0.1, 0.15) is 35.1 Å². The zero-order chi connectivity index (χ0) is 35.2. The molecule has 9 nitrogen and oxygen atoms in total. The summed E-state index contributed by atoms with van der Waals surface area (Å²) in [5, 5.41) is 2.81. The maximum atomic E-state index is 15.4. The predicted molar refractivity (Wildman–Crippen MR) is 183 cm³/mol. The van der Waals surface area contributed by atoms with Gasteiger partial charge in [-0.1, -0.05) is 36.4 Å². The van der Waals surface area contributed by atoms with Crippen molar-refractivity contribution in [1.82, 2.24) is 5.32 Å². The second-order valence-corrected chi connectivity index (χ2v) is 14.6. The highest BCUT2D eigenvalue weighted by molar-refractivity contribution is 7.86. The summed E-state index contributed by atoms with van der Waals surface area (Å²) >= 11 is 0. The molecule has 0 atom stereocenters. The number of halogens is 2. The largest absolute Gasteiger partial charge is 0.496 e. The summed E-state index contributed by atoms with van der Waals surface area (Å²) in [5.41, 5.74) is 6.84. The molecule has 13 heteroatoms. The van der Waals surface area contributed by atoms with Crippen LogP contribution in [0.2, 0.25) is 0 Å². The molecule has 0 aliphatic heterocycles. The number of hydrogen-bond donors (Lipinski definition) is 3. The van der Waals surface area contributed by atoms with E-state index in [1.807, 2.05) is 50.2 Å². The van der Waals surface area contributed by atoms with Crippen LogP contribution >= 0.6 is 0 Å². The number of nitrogens with one attached hydrogen (secondary N) is 1. The number of rotatable bonds is 15. The van der Waals surface area contributed by atoms with Crippen LogP contribution in [0.5, 0.6) is 11.5 Å². The molecule has 0 amide bonds. The smallest absolute Gasteiger partial charge is 0.266 e. The fourth-order valence-corrected chi connectivity index (χ4v) is 6.76.